The van der Waals surface area contributed by atoms with E-state index in [0.29, 0.717) is 11.3 Å². The van der Waals surface area contributed by atoms with Gasteiger partial charge in [0.2, 0.25) is 0 Å². The lowest BCUT2D eigenvalue weighted by Gasteiger charge is -2.05. The Kier molecular flexibility index (Phi) is 3.65. The molecule has 0 aliphatic rings. The molecule has 2 N–H and O–H groups in total. The van der Waals surface area contributed by atoms with E-state index in [4.69, 9.17) is 4.42 Å². The van der Waals surface area contributed by atoms with E-state index < -0.39 is 0 Å². The van der Waals surface area contributed by atoms with Crippen LogP contribution in [0.1, 0.15) is 16.1 Å². The average molecular weight is 296 g/mol. The molecule has 6 nitrogen and oxygen atoms in total. The van der Waals surface area contributed by atoms with Crippen molar-refractivity contribution in [3.63, 3.8) is 0 Å². The van der Waals surface area contributed by atoms with Crippen molar-refractivity contribution in [1.82, 2.24) is 10.4 Å². The smallest absolute Gasteiger partial charge is 0.273 e. The van der Waals surface area contributed by atoms with Crippen molar-refractivity contribution in [3.8, 4) is 0 Å². The van der Waals surface area contributed by atoms with Crippen molar-refractivity contribution in [3.05, 3.63) is 53.9 Å². The molecule has 112 valence electrons. The molecule has 0 spiro atoms. The Bertz CT molecular complexity index is 829. The normalized spacial score (nSPS) is 11.2. The van der Waals surface area contributed by atoms with Crippen molar-refractivity contribution in [2.24, 2.45) is 5.10 Å². The number of rotatable bonds is 4. The molecular formula is C16H16N4O2. The van der Waals surface area contributed by atoms with E-state index in [2.05, 4.69) is 15.5 Å². The van der Waals surface area contributed by atoms with Crippen LogP contribution in [0.15, 0.2) is 52.1 Å². The van der Waals surface area contributed by atoms with E-state index in [1.54, 1.807) is 12.3 Å². The van der Waals surface area contributed by atoms with Crippen LogP contribution in [0.3, 0.4) is 0 Å². The third kappa shape index (κ3) is 2.71. The van der Waals surface area contributed by atoms with Gasteiger partial charge in [-0.2, -0.15) is 5.10 Å². The van der Waals surface area contributed by atoms with E-state index in [1.807, 2.05) is 49.3 Å². The third-order valence-corrected chi connectivity index (χ3v) is 3.25. The fourth-order valence-electron chi connectivity index (χ4n) is 2.13. The molecule has 3 aromatic rings. The van der Waals surface area contributed by atoms with Crippen molar-refractivity contribution >= 4 is 28.9 Å². The first-order chi connectivity index (χ1) is 10.6. The highest BCUT2D eigenvalue weighted by atomic mass is 16.4. The van der Waals surface area contributed by atoms with Gasteiger partial charge in [0.1, 0.15) is 5.76 Å². The Morgan fingerprint density at radius 2 is 2.09 bits per heavy atom. The molecule has 1 aromatic carbocycles. The summed E-state index contributed by atoms with van der Waals surface area (Å²) in [6.45, 7) is 0. The number of hydrogen-bond donors (Lipinski definition) is 2. The number of H-pyrrole nitrogens is 1. The number of furan rings is 1. The van der Waals surface area contributed by atoms with Crippen LogP contribution in [-0.4, -0.2) is 31.2 Å². The van der Waals surface area contributed by atoms with E-state index >= 15 is 0 Å². The number of amides is 1. The maximum atomic E-state index is 12.1. The molecule has 0 saturated heterocycles. The lowest BCUT2D eigenvalue weighted by atomic mass is 10.2. The molecule has 0 bridgehead atoms. The third-order valence-electron chi connectivity index (χ3n) is 3.25. The summed E-state index contributed by atoms with van der Waals surface area (Å²) in [6.07, 6.45) is 3.15. The Balaban J connectivity index is 1.70. The van der Waals surface area contributed by atoms with Gasteiger partial charge in [-0.1, -0.05) is 18.2 Å². The summed E-state index contributed by atoms with van der Waals surface area (Å²) in [6, 6.07) is 11.2. The zero-order valence-electron chi connectivity index (χ0n) is 12.3. The maximum Gasteiger partial charge on any atom is 0.273 e. The van der Waals surface area contributed by atoms with E-state index in [-0.39, 0.29) is 5.91 Å². The zero-order chi connectivity index (χ0) is 15.5. The van der Waals surface area contributed by atoms with Gasteiger partial charge >= 0.3 is 0 Å². The largest absolute Gasteiger partial charge is 0.440 e. The summed E-state index contributed by atoms with van der Waals surface area (Å²) in [5, 5.41) is 4.79. The number of carbonyl (C=O) groups is 1. The van der Waals surface area contributed by atoms with Crippen LogP contribution < -0.4 is 10.3 Å². The van der Waals surface area contributed by atoms with Crippen LogP contribution in [0.25, 0.3) is 10.9 Å². The van der Waals surface area contributed by atoms with Crippen LogP contribution in [0, 0.1) is 0 Å². The number of hydrogen-bond acceptors (Lipinski definition) is 4. The number of aromatic amines is 1. The van der Waals surface area contributed by atoms with Crippen LogP contribution in [-0.2, 0) is 0 Å². The molecule has 0 saturated carbocycles. The maximum absolute atomic E-state index is 12.1. The molecule has 0 unspecified atom stereocenters. The fourth-order valence-corrected chi connectivity index (χ4v) is 2.13. The number of anilines is 1. The molecule has 2 heterocycles. The highest BCUT2D eigenvalue weighted by molar-refractivity contribution is 6.06. The van der Waals surface area contributed by atoms with Gasteiger partial charge in [-0.05, 0) is 12.1 Å². The lowest BCUT2D eigenvalue weighted by molar-refractivity contribution is 0.0957. The Hall–Kier alpha value is -3.02. The molecular weight excluding hydrogens is 280 g/mol. The second-order valence-electron chi connectivity index (χ2n) is 5.02. The highest BCUT2D eigenvalue weighted by Gasteiger charge is 2.10. The van der Waals surface area contributed by atoms with Gasteiger partial charge < -0.3 is 14.3 Å². The lowest BCUT2D eigenvalue weighted by Crippen LogP contribution is -2.17. The minimum atomic E-state index is -0.270. The predicted octanol–water partition coefficient (Wildman–Crippen LogP) is 2.59. The van der Waals surface area contributed by atoms with Gasteiger partial charge in [0.15, 0.2) is 5.88 Å². The number of nitrogens with one attached hydrogen (secondary N) is 2. The topological polar surface area (TPSA) is 73.6 Å². The molecule has 0 aliphatic heterocycles. The minimum absolute atomic E-state index is 0.270. The first-order valence-corrected chi connectivity index (χ1v) is 6.82. The average Bonchev–Trinajstić information content (AvgIpc) is 3.13. The molecule has 6 heteroatoms. The monoisotopic (exact) mass is 296 g/mol. The summed E-state index contributed by atoms with van der Waals surface area (Å²) in [4.78, 5) is 17.0. The molecule has 2 aromatic heterocycles. The van der Waals surface area contributed by atoms with Gasteiger partial charge in [-0.3, -0.25) is 4.79 Å². The summed E-state index contributed by atoms with van der Waals surface area (Å²) >= 11 is 0. The van der Waals surface area contributed by atoms with Crippen LogP contribution >= 0.6 is 0 Å². The van der Waals surface area contributed by atoms with Gasteiger partial charge in [-0.25, -0.2) is 5.43 Å². The molecule has 3 rings (SSSR count). The van der Waals surface area contributed by atoms with Gasteiger partial charge in [0.05, 0.1) is 11.8 Å². The fraction of sp³-hybridized carbons (Fsp3) is 0.125. The standard InChI is InChI=1S/C16H16N4O2/c1-20(2)15-8-7-11(22-15)9-18-19-16(21)13-10-17-14-6-4-3-5-12(13)14/h3-10,17H,1-2H3,(H,19,21)/b18-9-. The molecule has 0 fully saturated rings. The first kappa shape index (κ1) is 13.9. The van der Waals surface area contributed by atoms with Crippen molar-refractivity contribution in [1.29, 1.82) is 0 Å². The highest BCUT2D eigenvalue weighted by Crippen LogP contribution is 2.17. The Morgan fingerprint density at radius 3 is 2.86 bits per heavy atom. The number of hydrazone groups is 1. The number of para-hydroxylation sites is 1. The molecule has 0 atom stereocenters. The first-order valence-electron chi connectivity index (χ1n) is 6.82. The second-order valence-corrected chi connectivity index (χ2v) is 5.02. The number of aromatic nitrogens is 1. The predicted molar refractivity (Wildman–Crippen MR) is 86.4 cm³/mol. The van der Waals surface area contributed by atoms with Crippen LogP contribution in [0.4, 0.5) is 5.88 Å². The number of benzene rings is 1. The quantitative estimate of drug-likeness (QED) is 0.574. The van der Waals surface area contributed by atoms with Gasteiger partial charge in [0, 0.05) is 37.3 Å². The number of nitrogens with zero attached hydrogens (tertiary/aromatic N) is 2. The molecule has 1 amide bonds. The van der Waals surface area contributed by atoms with Crippen molar-refractivity contribution in [2.45, 2.75) is 0 Å². The van der Waals surface area contributed by atoms with Crippen molar-refractivity contribution in [2.75, 3.05) is 19.0 Å². The zero-order valence-corrected chi connectivity index (χ0v) is 12.3. The Morgan fingerprint density at radius 1 is 1.27 bits per heavy atom. The van der Waals surface area contributed by atoms with Gasteiger partial charge in [-0.15, -0.1) is 0 Å². The Labute approximate surface area is 127 Å². The van der Waals surface area contributed by atoms with E-state index in [0.717, 1.165) is 16.8 Å². The molecule has 0 aliphatic carbocycles. The molecule has 22 heavy (non-hydrogen) atoms. The summed E-state index contributed by atoms with van der Waals surface area (Å²) in [7, 11) is 3.77. The van der Waals surface area contributed by atoms with E-state index in [1.165, 1.54) is 6.21 Å². The van der Waals surface area contributed by atoms with E-state index in [9.17, 15) is 4.79 Å². The van der Waals surface area contributed by atoms with Gasteiger partial charge in [0.25, 0.3) is 5.91 Å². The molecule has 0 radical (unpaired) electrons. The number of carbonyl (C=O) groups excluding carboxylic acids is 1. The summed E-state index contributed by atoms with van der Waals surface area (Å²) < 4.78 is 5.51. The summed E-state index contributed by atoms with van der Waals surface area (Å²) in [5.74, 6) is 1.03. The second kappa shape index (κ2) is 5.77. The van der Waals surface area contributed by atoms with Crippen LogP contribution in [0.5, 0.6) is 0 Å². The van der Waals surface area contributed by atoms with Crippen molar-refractivity contribution < 1.29 is 9.21 Å². The number of fused-ring (bicyclic) bond motifs is 1. The minimum Gasteiger partial charge on any atom is -0.440 e. The van der Waals surface area contributed by atoms with Crippen LogP contribution in [0.2, 0.25) is 0 Å². The summed E-state index contributed by atoms with van der Waals surface area (Å²) in [5.41, 5.74) is 3.97. The SMILES string of the molecule is CN(C)c1ccc(/C=N\NC(=O)c2c[nH]c3ccccc23)o1.